The summed E-state index contributed by atoms with van der Waals surface area (Å²) < 4.78 is 0. The highest BCUT2D eigenvalue weighted by molar-refractivity contribution is 5.23. The van der Waals surface area contributed by atoms with E-state index in [2.05, 4.69) is 43.3 Å². The van der Waals surface area contributed by atoms with E-state index in [1.54, 1.807) is 0 Å². The number of nitrogens with two attached hydrogens (primary N) is 1. The molecular weight excluding hydrogens is 208 g/mol. The molecule has 0 amide bonds. The quantitative estimate of drug-likeness (QED) is 0.815. The zero-order valence-electron chi connectivity index (χ0n) is 11.1. The number of likely N-dealkylation sites (N-methyl/N-ethyl adjacent to an activating group) is 1. The minimum atomic E-state index is 0.184. The van der Waals surface area contributed by atoms with Crippen LogP contribution in [0, 0.1) is 0 Å². The van der Waals surface area contributed by atoms with Crippen molar-refractivity contribution in [3.05, 3.63) is 35.4 Å². The van der Waals surface area contributed by atoms with Crippen LogP contribution in [0.2, 0.25) is 0 Å². The third-order valence-electron chi connectivity index (χ3n) is 3.67. The molecule has 0 aromatic heterocycles. The highest BCUT2D eigenvalue weighted by Crippen LogP contribution is 2.36. The monoisotopic (exact) mass is 232 g/mol. The average Bonchev–Trinajstić information content (AvgIpc) is 3.04. The molecule has 1 saturated carbocycles. The lowest BCUT2D eigenvalue weighted by atomic mass is 10.0. The summed E-state index contributed by atoms with van der Waals surface area (Å²) in [6.07, 6.45) is 5.84. The van der Waals surface area contributed by atoms with Crippen molar-refractivity contribution in [2.75, 3.05) is 20.6 Å². The molecule has 0 heterocycles. The Morgan fingerprint density at radius 2 is 1.59 bits per heavy atom. The summed E-state index contributed by atoms with van der Waals surface area (Å²) >= 11 is 0. The molecule has 1 fully saturated rings. The summed E-state index contributed by atoms with van der Waals surface area (Å²) in [6, 6.07) is 9.04. The van der Waals surface area contributed by atoms with Gasteiger partial charge >= 0.3 is 0 Å². The molecule has 0 bridgehead atoms. The van der Waals surface area contributed by atoms with E-state index in [1.807, 2.05) is 0 Å². The van der Waals surface area contributed by atoms with Gasteiger partial charge in [-0.15, -0.1) is 0 Å². The van der Waals surface area contributed by atoms with Crippen molar-refractivity contribution in [2.45, 2.75) is 37.6 Å². The lowest BCUT2D eigenvalue weighted by molar-refractivity contribution is 0.413. The zero-order valence-corrected chi connectivity index (χ0v) is 11.1. The average molecular weight is 232 g/mol. The summed E-state index contributed by atoms with van der Waals surface area (Å²) in [5, 5.41) is 0. The molecule has 0 radical (unpaired) electrons. The van der Waals surface area contributed by atoms with Gasteiger partial charge in [0.25, 0.3) is 0 Å². The number of hydrogen-bond acceptors (Lipinski definition) is 2. The summed E-state index contributed by atoms with van der Waals surface area (Å²) in [5.74, 6) is 0. The fraction of sp³-hybridized carbons (Fsp3) is 0.600. The first-order chi connectivity index (χ1) is 8.07. The summed E-state index contributed by atoms with van der Waals surface area (Å²) in [6.45, 7) is 1.12. The molecule has 0 unspecified atom stereocenters. The van der Waals surface area contributed by atoms with Crippen LogP contribution in [0.1, 0.15) is 30.4 Å². The Bertz CT molecular complexity index is 350. The van der Waals surface area contributed by atoms with Crippen LogP contribution < -0.4 is 5.73 Å². The largest absolute Gasteiger partial charge is 0.325 e. The second-order valence-corrected chi connectivity index (χ2v) is 5.73. The molecule has 2 nitrogen and oxygen atoms in total. The van der Waals surface area contributed by atoms with Gasteiger partial charge in [0.1, 0.15) is 0 Å². The molecule has 0 spiro atoms. The third-order valence-corrected chi connectivity index (χ3v) is 3.67. The van der Waals surface area contributed by atoms with Crippen molar-refractivity contribution < 1.29 is 0 Å². The number of aryl methyl sites for hydroxylation is 1. The highest BCUT2D eigenvalue weighted by Gasteiger charge is 2.37. The first-order valence-electron chi connectivity index (χ1n) is 6.59. The minimum absolute atomic E-state index is 0.184. The molecule has 1 aromatic carbocycles. The SMILES string of the molecule is CN(C)CCc1ccc(CCC2(N)CC2)cc1. The van der Waals surface area contributed by atoms with Crippen LogP contribution in [-0.2, 0) is 12.8 Å². The van der Waals surface area contributed by atoms with Crippen LogP contribution in [0.25, 0.3) is 0 Å². The van der Waals surface area contributed by atoms with Gasteiger partial charge in [-0.3, -0.25) is 0 Å². The highest BCUT2D eigenvalue weighted by atomic mass is 15.0. The fourth-order valence-electron chi connectivity index (χ4n) is 2.03. The number of hydrogen-bond donors (Lipinski definition) is 1. The molecule has 2 heteroatoms. The molecule has 0 aliphatic heterocycles. The number of nitrogens with zero attached hydrogens (tertiary/aromatic N) is 1. The Labute approximate surface area is 105 Å². The van der Waals surface area contributed by atoms with Crippen molar-refractivity contribution >= 4 is 0 Å². The van der Waals surface area contributed by atoms with Crippen LogP contribution in [0.3, 0.4) is 0 Å². The molecule has 2 N–H and O–H groups in total. The Morgan fingerprint density at radius 3 is 2.06 bits per heavy atom. The molecule has 2 rings (SSSR count). The van der Waals surface area contributed by atoms with E-state index in [9.17, 15) is 0 Å². The van der Waals surface area contributed by atoms with Crippen molar-refractivity contribution in [2.24, 2.45) is 5.73 Å². The summed E-state index contributed by atoms with van der Waals surface area (Å²) in [4.78, 5) is 2.22. The zero-order chi connectivity index (χ0) is 12.3. The first kappa shape index (κ1) is 12.6. The molecule has 0 atom stereocenters. The van der Waals surface area contributed by atoms with Crippen LogP contribution in [0.15, 0.2) is 24.3 Å². The maximum atomic E-state index is 6.10. The number of rotatable bonds is 6. The molecule has 1 aliphatic carbocycles. The summed E-state index contributed by atoms with van der Waals surface area (Å²) in [5.41, 5.74) is 9.14. The van der Waals surface area contributed by atoms with Crippen molar-refractivity contribution in [1.82, 2.24) is 4.90 Å². The van der Waals surface area contributed by atoms with E-state index in [1.165, 1.54) is 24.0 Å². The van der Waals surface area contributed by atoms with Gasteiger partial charge in [-0.05, 0) is 57.3 Å². The Kier molecular flexibility index (Phi) is 3.85. The predicted octanol–water partition coefficient (Wildman–Crippen LogP) is 2.21. The molecule has 17 heavy (non-hydrogen) atoms. The standard InChI is InChI=1S/C15H24N2/c1-17(2)12-8-14-5-3-13(4-6-14)7-9-15(16)10-11-15/h3-6H,7-12,16H2,1-2H3. The fourth-order valence-corrected chi connectivity index (χ4v) is 2.03. The maximum absolute atomic E-state index is 6.10. The topological polar surface area (TPSA) is 29.3 Å². The first-order valence-corrected chi connectivity index (χ1v) is 6.59. The van der Waals surface area contributed by atoms with E-state index in [4.69, 9.17) is 5.73 Å². The van der Waals surface area contributed by atoms with Gasteiger partial charge in [0.2, 0.25) is 0 Å². The van der Waals surface area contributed by atoms with Crippen molar-refractivity contribution in [1.29, 1.82) is 0 Å². The molecule has 1 aromatic rings. The Morgan fingerprint density at radius 1 is 1.06 bits per heavy atom. The lowest BCUT2D eigenvalue weighted by Gasteiger charge is -2.10. The van der Waals surface area contributed by atoms with E-state index in [-0.39, 0.29) is 5.54 Å². The van der Waals surface area contributed by atoms with E-state index in [0.29, 0.717) is 0 Å². The molecular formula is C15H24N2. The van der Waals surface area contributed by atoms with Gasteiger partial charge in [-0.1, -0.05) is 24.3 Å². The van der Waals surface area contributed by atoms with Crippen LogP contribution in [0.4, 0.5) is 0 Å². The molecule has 0 saturated heterocycles. The molecule has 1 aliphatic rings. The molecule has 94 valence electrons. The smallest absolute Gasteiger partial charge is 0.0158 e. The van der Waals surface area contributed by atoms with Crippen molar-refractivity contribution in [3.63, 3.8) is 0 Å². The van der Waals surface area contributed by atoms with Gasteiger partial charge in [0, 0.05) is 12.1 Å². The maximum Gasteiger partial charge on any atom is 0.0158 e. The summed E-state index contributed by atoms with van der Waals surface area (Å²) in [7, 11) is 4.23. The lowest BCUT2D eigenvalue weighted by Crippen LogP contribution is -2.22. The van der Waals surface area contributed by atoms with E-state index < -0.39 is 0 Å². The second-order valence-electron chi connectivity index (χ2n) is 5.73. The van der Waals surface area contributed by atoms with Crippen LogP contribution >= 0.6 is 0 Å². The Balaban J connectivity index is 1.80. The van der Waals surface area contributed by atoms with Gasteiger partial charge in [-0.25, -0.2) is 0 Å². The number of benzene rings is 1. The minimum Gasteiger partial charge on any atom is -0.325 e. The van der Waals surface area contributed by atoms with Crippen LogP contribution in [0.5, 0.6) is 0 Å². The normalized spacial score (nSPS) is 17.4. The van der Waals surface area contributed by atoms with E-state index >= 15 is 0 Å². The second kappa shape index (κ2) is 5.19. The van der Waals surface area contributed by atoms with Gasteiger partial charge < -0.3 is 10.6 Å². The van der Waals surface area contributed by atoms with Crippen molar-refractivity contribution in [3.8, 4) is 0 Å². The van der Waals surface area contributed by atoms with Gasteiger partial charge in [-0.2, -0.15) is 0 Å². The Hall–Kier alpha value is -0.860. The predicted molar refractivity (Wildman–Crippen MR) is 73.2 cm³/mol. The van der Waals surface area contributed by atoms with Gasteiger partial charge in [0.05, 0.1) is 0 Å². The van der Waals surface area contributed by atoms with Crippen LogP contribution in [-0.4, -0.2) is 31.1 Å². The third kappa shape index (κ3) is 4.14. The van der Waals surface area contributed by atoms with E-state index in [0.717, 1.165) is 25.8 Å². The van der Waals surface area contributed by atoms with Gasteiger partial charge in [0.15, 0.2) is 0 Å².